The number of rotatable bonds is 43. The molecule has 0 unspecified atom stereocenters. The van der Waals surface area contributed by atoms with Gasteiger partial charge in [0.2, 0.25) is 0 Å². The van der Waals surface area contributed by atoms with Gasteiger partial charge < -0.3 is 88.1 Å². The van der Waals surface area contributed by atoms with Crippen LogP contribution in [-0.4, -0.2) is 191 Å². The first-order chi connectivity index (χ1) is 31.0. The molecule has 0 aliphatic heterocycles. The van der Waals surface area contributed by atoms with Crippen LogP contribution >= 0.6 is 0 Å². The second-order valence-corrected chi connectivity index (χ2v) is 24.0. The van der Waals surface area contributed by atoms with Crippen molar-refractivity contribution in [3.63, 3.8) is 0 Å². The molecule has 0 amide bonds. The van der Waals surface area contributed by atoms with Crippen molar-refractivity contribution in [2.24, 2.45) is 0 Å². The summed E-state index contributed by atoms with van der Waals surface area (Å²) in [5.41, 5.74) is -5.31. The molecule has 0 aromatic rings. The predicted molar refractivity (Wildman–Crippen MR) is 265 cm³/mol. The van der Waals surface area contributed by atoms with Crippen molar-refractivity contribution in [2.45, 2.75) is 146 Å². The van der Waals surface area contributed by atoms with E-state index in [2.05, 4.69) is 50.6 Å². The van der Waals surface area contributed by atoms with Gasteiger partial charge in [0.05, 0.1) is 93.3 Å². The van der Waals surface area contributed by atoms with Crippen molar-refractivity contribution in [3.8, 4) is 0 Å². The monoisotopic (exact) mass is 1060 g/mol. The van der Waals surface area contributed by atoms with Gasteiger partial charge in [-0.3, -0.25) is 13.7 Å². The number of nitrogens with one attached hydrogen (secondary N) is 3. The van der Waals surface area contributed by atoms with Gasteiger partial charge in [0.25, 0.3) is 30.4 Å². The molecule has 26 heteroatoms. The minimum Gasteiger partial charge on any atom is -0.394 e. The van der Waals surface area contributed by atoms with Crippen LogP contribution in [-0.2, 0) is 43.6 Å². The Labute approximate surface area is 424 Å². The molecule has 0 fully saturated rings. The van der Waals surface area contributed by atoms with Crippen LogP contribution in [0.25, 0.3) is 0 Å². The van der Waals surface area contributed by atoms with Gasteiger partial charge in [-0.15, -0.1) is 0 Å². The topological polar surface area (TPSA) is 348 Å². The summed E-state index contributed by atoms with van der Waals surface area (Å²) in [5, 5.41) is 68.0. The molecule has 0 spiro atoms. The SMILES string of the molecule is [CH2-]CCCCCCCCC.[CH2-]CCCCCCCCC.[CH2-]CC[Si](OCC(CO)(CO)NCCS(=O)(=O)O)(OCC(CO)(CO)NCCS(=O)(=O)O)OCC(CO)(CO)NCCS(=O)(=O)O.[CH3-].[Li+]. The predicted octanol–water partition coefficient (Wildman–Crippen LogP) is -0.822. The molecule has 0 aliphatic rings. The summed E-state index contributed by atoms with van der Waals surface area (Å²) in [6, 6.07) is -0.180. The summed E-state index contributed by atoms with van der Waals surface area (Å²) >= 11 is 0. The normalized spacial score (nSPS) is 12.6. The maximum atomic E-state index is 11.2. The van der Waals surface area contributed by atoms with Crippen LogP contribution in [0.2, 0.25) is 6.04 Å². The van der Waals surface area contributed by atoms with Crippen LogP contribution < -0.4 is 34.8 Å². The maximum absolute atomic E-state index is 11.2. The van der Waals surface area contributed by atoms with E-state index in [4.69, 9.17) is 26.9 Å². The van der Waals surface area contributed by atoms with Crippen LogP contribution in [0.15, 0.2) is 0 Å². The number of unbranched alkanes of at least 4 members (excludes halogenated alkanes) is 14. The zero-order valence-corrected chi connectivity index (χ0v) is 45.3. The number of aliphatic hydroxyl groups excluding tert-OH is 6. The molecular weight excluding hydrogens is 966 g/mol. The zero-order valence-electron chi connectivity index (χ0n) is 41.9. The van der Waals surface area contributed by atoms with Crippen LogP contribution in [0.4, 0.5) is 0 Å². The average Bonchev–Trinajstić information content (AvgIpc) is 3.26. The first-order valence-corrected chi connectivity index (χ1v) is 29.8. The molecule has 12 N–H and O–H groups in total. The molecule has 0 heterocycles. The molecule has 21 nitrogen and oxygen atoms in total. The molecule has 0 saturated carbocycles. The standard InChI is InChI=1S/C21H48N3O18S3Si.2C10H21.CH3.Li/c1-2-9-46(40-16-19(10-25,11-26)22-3-6-43(31,32)33,41-17-20(12-27,13-28)23-4-7-44(34,35)36)42-18-21(14-29,15-30)24-5-8-45(37,38)39;2*1-3-5-7-9-10-8-6-4-2;;/h22-30H,1-18H2,(H,31,32,33)(H,34,35,36)(H,37,38,39);2*1,3-10H2,2H3;1H3;/q4*-1;+1. The molecule has 0 radical (unpaired) electrons. The van der Waals surface area contributed by atoms with E-state index in [-0.39, 0.29) is 38.8 Å². The Hall–Kier alpha value is 0.0643. The molecule has 410 valence electrons. The molecule has 0 aromatic heterocycles. The third-order valence-corrected chi connectivity index (χ3v) is 15.2. The maximum Gasteiger partial charge on any atom is 1.00 e. The van der Waals surface area contributed by atoms with Crippen molar-refractivity contribution >= 4 is 39.2 Å². The van der Waals surface area contributed by atoms with Gasteiger partial charge in [-0.05, 0) is 6.04 Å². The Bertz CT molecular complexity index is 1290. The molecule has 68 heavy (non-hydrogen) atoms. The third kappa shape index (κ3) is 42.6. The summed E-state index contributed by atoms with van der Waals surface area (Å²) in [6.45, 7) is 7.38. The van der Waals surface area contributed by atoms with E-state index in [0.717, 1.165) is 12.8 Å². The van der Waals surface area contributed by atoms with E-state index >= 15 is 0 Å². The second kappa shape index (κ2) is 44.5. The largest absolute Gasteiger partial charge is 1.00 e. The molecule has 0 aliphatic carbocycles. The minimum atomic E-state index is -4.44. The summed E-state index contributed by atoms with van der Waals surface area (Å²) in [6.07, 6.45) is 21.9. The molecular formula is C42H93LiN3O18S3Si-3. The first kappa shape index (κ1) is 77.0. The Balaban J connectivity index is -0.000000495. The van der Waals surface area contributed by atoms with Crippen molar-refractivity contribution in [1.29, 1.82) is 0 Å². The first-order valence-electron chi connectivity index (χ1n) is 23.0. The third-order valence-electron chi connectivity index (χ3n) is 10.3. The van der Waals surface area contributed by atoms with Crippen molar-refractivity contribution in [3.05, 3.63) is 28.2 Å². The smallest absolute Gasteiger partial charge is 0.394 e. The van der Waals surface area contributed by atoms with E-state index in [9.17, 15) is 55.9 Å². The van der Waals surface area contributed by atoms with E-state index in [1.54, 1.807) is 0 Å². The Morgan fingerprint density at radius 3 is 0.868 bits per heavy atom. The van der Waals surface area contributed by atoms with E-state index in [1.807, 2.05) is 0 Å². The minimum absolute atomic E-state index is 0. The molecule has 0 bridgehead atoms. The van der Waals surface area contributed by atoms with Gasteiger partial charge >= 0.3 is 27.7 Å². The van der Waals surface area contributed by atoms with Crippen LogP contribution in [0, 0.1) is 28.2 Å². The van der Waals surface area contributed by atoms with Gasteiger partial charge in [-0.1, -0.05) is 104 Å². The van der Waals surface area contributed by atoms with Crippen molar-refractivity contribution in [2.75, 3.05) is 96.4 Å². The van der Waals surface area contributed by atoms with Crippen molar-refractivity contribution < 1.29 is 102 Å². The fraction of sp³-hybridized carbons (Fsp3) is 0.905. The summed E-state index contributed by atoms with van der Waals surface area (Å²) in [4.78, 5) is 0. The summed E-state index contributed by atoms with van der Waals surface area (Å²) in [5.74, 6) is -2.42. The van der Waals surface area contributed by atoms with Crippen LogP contribution in [0.1, 0.15) is 123 Å². The molecule has 0 saturated heterocycles. The second-order valence-electron chi connectivity index (χ2n) is 16.5. The molecule has 0 aromatic carbocycles. The van der Waals surface area contributed by atoms with Gasteiger partial charge in [0, 0.05) is 19.6 Å². The van der Waals surface area contributed by atoms with Crippen LogP contribution in [0.5, 0.6) is 0 Å². The van der Waals surface area contributed by atoms with E-state index < -0.39 is 152 Å². The molecule has 0 atom stereocenters. The van der Waals surface area contributed by atoms with Gasteiger partial charge in [-0.25, -0.2) is 0 Å². The summed E-state index contributed by atoms with van der Waals surface area (Å²) < 4.78 is 112. The Kier molecular flexibility index (Phi) is 50.4. The number of aliphatic hydroxyl groups is 6. The van der Waals surface area contributed by atoms with Gasteiger partial charge in [0.15, 0.2) is 0 Å². The Morgan fingerprint density at radius 2 is 0.676 bits per heavy atom. The van der Waals surface area contributed by atoms with Gasteiger partial charge in [0.1, 0.15) is 0 Å². The average molecular weight is 1060 g/mol. The van der Waals surface area contributed by atoms with E-state index in [0.29, 0.717) is 0 Å². The quantitative estimate of drug-likeness (QED) is 0.0154. The van der Waals surface area contributed by atoms with Gasteiger partial charge in [-0.2, -0.15) is 44.5 Å². The van der Waals surface area contributed by atoms with Crippen LogP contribution in [0.3, 0.4) is 0 Å². The van der Waals surface area contributed by atoms with E-state index in [1.165, 1.54) is 89.9 Å². The summed E-state index contributed by atoms with van der Waals surface area (Å²) in [7, 11) is -17.6. The zero-order chi connectivity index (χ0) is 51.1. The molecule has 0 rings (SSSR count). The number of hydrogen-bond acceptors (Lipinski definition) is 18. The fourth-order valence-corrected chi connectivity index (χ4v) is 9.50. The van der Waals surface area contributed by atoms with Crippen molar-refractivity contribution in [1.82, 2.24) is 16.0 Å². The Morgan fingerprint density at radius 1 is 0.441 bits per heavy atom. The fourth-order valence-electron chi connectivity index (χ4n) is 5.82. The number of hydrogen-bond donors (Lipinski definition) is 12.